The van der Waals surface area contributed by atoms with E-state index in [2.05, 4.69) is 15.3 Å². The number of nitrogens with zero attached hydrogens (tertiary/aromatic N) is 2. The zero-order chi connectivity index (χ0) is 17.6. The minimum Gasteiger partial charge on any atom is -0.476 e. The lowest BCUT2D eigenvalue weighted by atomic mass is 10.2. The minimum absolute atomic E-state index is 0.260. The number of aromatic nitrogens is 2. The second kappa shape index (κ2) is 7.22. The van der Waals surface area contributed by atoms with E-state index >= 15 is 0 Å². The van der Waals surface area contributed by atoms with Crippen LogP contribution in [0.3, 0.4) is 0 Å². The van der Waals surface area contributed by atoms with Crippen LogP contribution in [0, 0.1) is 0 Å². The van der Waals surface area contributed by atoms with Crippen molar-refractivity contribution in [2.45, 2.75) is 0 Å². The monoisotopic (exact) mass is 335 g/mol. The molecule has 0 saturated heterocycles. The summed E-state index contributed by atoms with van der Waals surface area (Å²) in [4.78, 5) is 30.9. The van der Waals surface area contributed by atoms with Gasteiger partial charge in [-0.1, -0.05) is 24.3 Å². The third-order valence-electron chi connectivity index (χ3n) is 3.19. The number of amides is 1. The lowest BCUT2D eigenvalue weighted by Gasteiger charge is -2.09. The minimum atomic E-state index is -1.32. The maximum absolute atomic E-state index is 12.3. The summed E-state index contributed by atoms with van der Waals surface area (Å²) in [5, 5.41) is 11.7. The third kappa shape index (κ3) is 3.97. The predicted octanol–water partition coefficient (Wildman–Crippen LogP) is 3.22. The standard InChI is InChI=1S/C18H13N3O4/c22-17(15-16(18(23)24)20-10-9-19-15)21-12-5-4-8-14(11-12)25-13-6-2-1-3-7-13/h1-11H,(H,21,22)(H,23,24). The van der Waals surface area contributed by atoms with E-state index in [1.54, 1.807) is 24.3 Å². The smallest absolute Gasteiger partial charge is 0.356 e. The van der Waals surface area contributed by atoms with Crippen molar-refractivity contribution in [3.05, 3.63) is 78.4 Å². The lowest BCUT2D eigenvalue weighted by molar-refractivity contribution is 0.0685. The van der Waals surface area contributed by atoms with Crippen molar-refractivity contribution in [2.75, 3.05) is 5.32 Å². The van der Waals surface area contributed by atoms with Crippen LogP contribution in [-0.4, -0.2) is 27.0 Å². The maximum Gasteiger partial charge on any atom is 0.356 e. The number of hydrogen-bond donors (Lipinski definition) is 2. The van der Waals surface area contributed by atoms with E-state index in [0.717, 1.165) is 0 Å². The number of ether oxygens (including phenoxy) is 1. The first-order chi connectivity index (χ1) is 12.1. The largest absolute Gasteiger partial charge is 0.476 e. The first-order valence-electron chi connectivity index (χ1n) is 7.32. The zero-order valence-electron chi connectivity index (χ0n) is 12.9. The molecule has 2 N–H and O–H groups in total. The first kappa shape index (κ1) is 16.1. The molecule has 0 fully saturated rings. The van der Waals surface area contributed by atoms with Gasteiger partial charge in [0.05, 0.1) is 0 Å². The Kier molecular flexibility index (Phi) is 4.66. The molecule has 0 aliphatic carbocycles. The Balaban J connectivity index is 1.78. The number of carboxylic acids is 1. The average Bonchev–Trinajstić information content (AvgIpc) is 2.63. The van der Waals surface area contributed by atoms with E-state index in [9.17, 15) is 9.59 Å². The molecule has 0 atom stereocenters. The van der Waals surface area contributed by atoms with Gasteiger partial charge in [-0.05, 0) is 24.3 Å². The van der Waals surface area contributed by atoms with Crippen LogP contribution in [0.4, 0.5) is 5.69 Å². The molecular weight excluding hydrogens is 322 g/mol. The number of carbonyl (C=O) groups excluding carboxylic acids is 1. The number of benzene rings is 2. The van der Waals surface area contributed by atoms with Gasteiger partial charge >= 0.3 is 5.97 Å². The van der Waals surface area contributed by atoms with Gasteiger partial charge in [-0.25, -0.2) is 14.8 Å². The van der Waals surface area contributed by atoms with E-state index in [1.807, 2.05) is 30.3 Å². The molecule has 124 valence electrons. The van der Waals surface area contributed by atoms with E-state index < -0.39 is 17.6 Å². The Morgan fingerprint density at radius 3 is 2.28 bits per heavy atom. The number of carbonyl (C=O) groups is 2. The molecule has 7 nitrogen and oxygen atoms in total. The van der Waals surface area contributed by atoms with Crippen LogP contribution in [0.1, 0.15) is 21.0 Å². The number of para-hydroxylation sites is 1. The van der Waals surface area contributed by atoms with E-state index in [1.165, 1.54) is 12.4 Å². The Bertz CT molecular complexity index is 913. The van der Waals surface area contributed by atoms with Crippen molar-refractivity contribution in [1.29, 1.82) is 0 Å². The fourth-order valence-corrected chi connectivity index (χ4v) is 2.11. The molecule has 0 radical (unpaired) electrons. The fraction of sp³-hybridized carbons (Fsp3) is 0. The van der Waals surface area contributed by atoms with Crippen LogP contribution in [-0.2, 0) is 0 Å². The average molecular weight is 335 g/mol. The summed E-state index contributed by atoms with van der Waals surface area (Å²) in [6.45, 7) is 0. The number of carboxylic acid groups (broad SMARTS) is 1. The summed E-state index contributed by atoms with van der Waals surface area (Å²) in [6, 6.07) is 15.9. The van der Waals surface area contributed by atoms with Gasteiger partial charge in [-0.15, -0.1) is 0 Å². The first-order valence-corrected chi connectivity index (χ1v) is 7.32. The molecule has 7 heteroatoms. The van der Waals surface area contributed by atoms with Gasteiger partial charge in [0, 0.05) is 24.1 Å². The third-order valence-corrected chi connectivity index (χ3v) is 3.19. The van der Waals surface area contributed by atoms with E-state index in [-0.39, 0.29) is 5.69 Å². The number of nitrogens with one attached hydrogen (secondary N) is 1. The Labute approximate surface area is 142 Å². The van der Waals surface area contributed by atoms with Gasteiger partial charge in [0.2, 0.25) is 0 Å². The molecule has 1 heterocycles. The van der Waals surface area contributed by atoms with Crippen LogP contribution >= 0.6 is 0 Å². The van der Waals surface area contributed by atoms with Gasteiger partial charge in [-0.2, -0.15) is 0 Å². The van der Waals surface area contributed by atoms with E-state index in [0.29, 0.717) is 17.2 Å². The van der Waals surface area contributed by atoms with Crippen molar-refractivity contribution in [3.8, 4) is 11.5 Å². The van der Waals surface area contributed by atoms with E-state index in [4.69, 9.17) is 9.84 Å². The normalized spacial score (nSPS) is 10.1. The molecule has 1 aromatic heterocycles. The number of aromatic carboxylic acids is 1. The predicted molar refractivity (Wildman–Crippen MR) is 89.9 cm³/mol. The molecule has 0 unspecified atom stereocenters. The van der Waals surface area contributed by atoms with Crippen LogP contribution in [0.25, 0.3) is 0 Å². The van der Waals surface area contributed by atoms with Crippen molar-refractivity contribution >= 4 is 17.6 Å². The molecule has 0 saturated carbocycles. The second-order valence-electron chi connectivity index (χ2n) is 4.96. The molecule has 25 heavy (non-hydrogen) atoms. The van der Waals surface area contributed by atoms with Crippen molar-refractivity contribution in [3.63, 3.8) is 0 Å². The van der Waals surface area contributed by atoms with Crippen LogP contribution in [0.15, 0.2) is 67.0 Å². The molecule has 1 amide bonds. The SMILES string of the molecule is O=C(O)c1nccnc1C(=O)Nc1cccc(Oc2ccccc2)c1. The van der Waals surface area contributed by atoms with Crippen LogP contribution in [0.2, 0.25) is 0 Å². The highest BCUT2D eigenvalue weighted by molar-refractivity contribution is 6.08. The highest BCUT2D eigenvalue weighted by Crippen LogP contribution is 2.24. The van der Waals surface area contributed by atoms with Gasteiger partial charge in [-0.3, -0.25) is 4.79 Å². The number of rotatable bonds is 5. The number of anilines is 1. The quantitative estimate of drug-likeness (QED) is 0.742. The zero-order valence-corrected chi connectivity index (χ0v) is 12.9. The Morgan fingerprint density at radius 2 is 1.56 bits per heavy atom. The Hall–Kier alpha value is -3.74. The van der Waals surface area contributed by atoms with Crippen LogP contribution < -0.4 is 10.1 Å². The van der Waals surface area contributed by atoms with Gasteiger partial charge in [0.25, 0.3) is 5.91 Å². The molecule has 0 bridgehead atoms. The highest BCUT2D eigenvalue weighted by atomic mass is 16.5. The fourth-order valence-electron chi connectivity index (χ4n) is 2.11. The summed E-state index contributed by atoms with van der Waals surface area (Å²) in [7, 11) is 0. The summed E-state index contributed by atoms with van der Waals surface area (Å²) < 4.78 is 5.69. The van der Waals surface area contributed by atoms with Gasteiger partial charge in [0.1, 0.15) is 11.5 Å². The molecule has 0 spiro atoms. The molecule has 0 aliphatic rings. The molecule has 3 rings (SSSR count). The number of hydrogen-bond acceptors (Lipinski definition) is 5. The molecule has 3 aromatic rings. The topological polar surface area (TPSA) is 101 Å². The molecule has 2 aromatic carbocycles. The highest BCUT2D eigenvalue weighted by Gasteiger charge is 2.19. The van der Waals surface area contributed by atoms with Crippen LogP contribution in [0.5, 0.6) is 11.5 Å². The van der Waals surface area contributed by atoms with Gasteiger partial charge in [0.15, 0.2) is 11.4 Å². The molecule has 0 aliphatic heterocycles. The lowest BCUT2D eigenvalue weighted by Crippen LogP contribution is -2.19. The van der Waals surface area contributed by atoms with Crippen molar-refractivity contribution in [1.82, 2.24) is 9.97 Å². The van der Waals surface area contributed by atoms with Crippen molar-refractivity contribution in [2.24, 2.45) is 0 Å². The summed E-state index contributed by atoms with van der Waals surface area (Å²) >= 11 is 0. The Morgan fingerprint density at radius 1 is 0.880 bits per heavy atom. The maximum atomic E-state index is 12.3. The summed E-state index contributed by atoms with van der Waals surface area (Å²) in [5.74, 6) is -0.795. The van der Waals surface area contributed by atoms with Gasteiger partial charge < -0.3 is 15.2 Å². The second-order valence-corrected chi connectivity index (χ2v) is 4.96. The van der Waals surface area contributed by atoms with Crippen molar-refractivity contribution < 1.29 is 19.4 Å². The summed E-state index contributed by atoms with van der Waals surface area (Å²) in [6.07, 6.45) is 2.48. The summed E-state index contributed by atoms with van der Waals surface area (Å²) in [5.41, 5.74) is -0.221. The molecular formula is C18H13N3O4.